The smallest absolute Gasteiger partial charge is 0.238 e. The molecule has 1 heterocycles. The molecule has 0 aliphatic rings. The van der Waals surface area contributed by atoms with Crippen LogP contribution in [0.15, 0.2) is 83.8 Å². The van der Waals surface area contributed by atoms with Gasteiger partial charge in [0.2, 0.25) is 10.0 Å². The van der Waals surface area contributed by atoms with Crippen LogP contribution in [0.25, 0.3) is 28.2 Å². The number of methoxy groups -OCH3 is 2. The average Bonchev–Trinajstić information content (AvgIpc) is 3.24. The molecule has 0 saturated heterocycles. The molecule has 31 heavy (non-hydrogen) atoms. The van der Waals surface area contributed by atoms with Gasteiger partial charge in [0.15, 0.2) is 0 Å². The van der Waals surface area contributed by atoms with E-state index in [0.717, 1.165) is 34.0 Å². The van der Waals surface area contributed by atoms with Crippen LogP contribution in [0.2, 0.25) is 0 Å². The number of primary sulfonamides is 1. The Labute approximate surface area is 180 Å². The van der Waals surface area contributed by atoms with E-state index in [1.807, 2.05) is 54.6 Å². The summed E-state index contributed by atoms with van der Waals surface area (Å²) >= 11 is 0. The van der Waals surface area contributed by atoms with Crippen molar-refractivity contribution in [1.29, 1.82) is 0 Å². The highest BCUT2D eigenvalue weighted by atomic mass is 32.2. The quantitative estimate of drug-likeness (QED) is 0.496. The minimum absolute atomic E-state index is 0.0461. The Balaban J connectivity index is 1.83. The zero-order valence-corrected chi connectivity index (χ0v) is 17.8. The Morgan fingerprint density at radius 3 is 1.77 bits per heavy atom. The minimum atomic E-state index is -3.77. The van der Waals surface area contributed by atoms with Crippen molar-refractivity contribution in [3.63, 3.8) is 0 Å². The summed E-state index contributed by atoms with van der Waals surface area (Å²) in [7, 11) is -0.531. The lowest BCUT2D eigenvalue weighted by atomic mass is 10.1. The van der Waals surface area contributed by atoms with Gasteiger partial charge in [-0.05, 0) is 78.9 Å². The summed E-state index contributed by atoms with van der Waals surface area (Å²) in [5, 5.41) is 10.0. The molecule has 0 radical (unpaired) electrons. The summed E-state index contributed by atoms with van der Waals surface area (Å²) in [6, 6.07) is 23.6. The van der Waals surface area contributed by atoms with Gasteiger partial charge in [-0.3, -0.25) is 0 Å². The van der Waals surface area contributed by atoms with E-state index in [-0.39, 0.29) is 4.90 Å². The van der Waals surface area contributed by atoms with Crippen LogP contribution in [0.4, 0.5) is 0 Å². The highest BCUT2D eigenvalue weighted by Gasteiger charge is 2.15. The second-order valence-corrected chi connectivity index (χ2v) is 8.38. The lowest BCUT2D eigenvalue weighted by Crippen LogP contribution is -2.12. The van der Waals surface area contributed by atoms with Gasteiger partial charge in [-0.25, -0.2) is 18.2 Å². The third-order valence-electron chi connectivity index (χ3n) is 4.89. The number of hydrogen-bond donors (Lipinski definition) is 1. The van der Waals surface area contributed by atoms with Crippen molar-refractivity contribution in [1.82, 2.24) is 9.78 Å². The average molecular weight is 436 g/mol. The molecule has 3 aromatic carbocycles. The van der Waals surface area contributed by atoms with Crippen LogP contribution in [-0.2, 0) is 10.0 Å². The number of rotatable bonds is 6. The molecular weight excluding hydrogens is 414 g/mol. The van der Waals surface area contributed by atoms with Crippen LogP contribution in [0, 0.1) is 0 Å². The molecule has 7 nitrogen and oxygen atoms in total. The summed E-state index contributed by atoms with van der Waals surface area (Å²) in [5.41, 5.74) is 4.18. The van der Waals surface area contributed by atoms with Crippen LogP contribution in [0.3, 0.4) is 0 Å². The fraction of sp³-hybridized carbons (Fsp3) is 0.0870. The Morgan fingerprint density at radius 2 is 1.29 bits per heavy atom. The summed E-state index contributed by atoms with van der Waals surface area (Å²) in [4.78, 5) is 0.0461. The Kier molecular flexibility index (Phi) is 5.50. The Bertz CT molecular complexity index is 1290. The Morgan fingerprint density at radius 1 is 0.774 bits per heavy atom. The van der Waals surface area contributed by atoms with Gasteiger partial charge >= 0.3 is 0 Å². The van der Waals surface area contributed by atoms with Crippen molar-refractivity contribution in [3.05, 3.63) is 78.9 Å². The molecule has 8 heteroatoms. The minimum Gasteiger partial charge on any atom is -0.497 e. The van der Waals surface area contributed by atoms with Crippen LogP contribution in [0.1, 0.15) is 0 Å². The van der Waals surface area contributed by atoms with Gasteiger partial charge in [0.05, 0.1) is 36.2 Å². The van der Waals surface area contributed by atoms with Crippen molar-refractivity contribution in [2.24, 2.45) is 5.14 Å². The summed E-state index contributed by atoms with van der Waals surface area (Å²) < 4.78 is 35.5. The molecule has 0 aliphatic heterocycles. The predicted octanol–water partition coefficient (Wildman–Crippen LogP) is 3.87. The van der Waals surface area contributed by atoms with E-state index >= 15 is 0 Å². The zero-order chi connectivity index (χ0) is 22.0. The van der Waals surface area contributed by atoms with Crippen molar-refractivity contribution in [2.45, 2.75) is 4.90 Å². The number of nitrogens with two attached hydrogens (primary N) is 1. The van der Waals surface area contributed by atoms with Crippen LogP contribution in [-0.4, -0.2) is 32.4 Å². The van der Waals surface area contributed by atoms with Crippen molar-refractivity contribution < 1.29 is 17.9 Å². The fourth-order valence-electron chi connectivity index (χ4n) is 3.23. The molecule has 0 spiro atoms. The predicted molar refractivity (Wildman–Crippen MR) is 119 cm³/mol. The van der Waals surface area contributed by atoms with Gasteiger partial charge in [-0.2, -0.15) is 5.10 Å². The number of benzene rings is 3. The molecule has 2 N–H and O–H groups in total. The monoisotopic (exact) mass is 435 g/mol. The van der Waals surface area contributed by atoms with Gasteiger partial charge in [-0.1, -0.05) is 0 Å². The van der Waals surface area contributed by atoms with Gasteiger partial charge in [-0.15, -0.1) is 0 Å². The van der Waals surface area contributed by atoms with E-state index in [2.05, 4.69) is 0 Å². The van der Waals surface area contributed by atoms with Crippen LogP contribution < -0.4 is 14.6 Å². The summed E-state index contributed by atoms with van der Waals surface area (Å²) in [6.45, 7) is 0. The molecule has 0 fully saturated rings. The molecular formula is C23H21N3O4S. The van der Waals surface area contributed by atoms with Crippen molar-refractivity contribution in [2.75, 3.05) is 14.2 Å². The van der Waals surface area contributed by atoms with E-state index in [4.69, 9.17) is 19.7 Å². The molecule has 0 saturated carbocycles. The maximum absolute atomic E-state index is 11.6. The molecule has 1 aromatic heterocycles. The topological polar surface area (TPSA) is 96.4 Å². The number of aromatic nitrogens is 2. The zero-order valence-electron chi connectivity index (χ0n) is 17.0. The summed E-state index contributed by atoms with van der Waals surface area (Å²) in [6.07, 6.45) is 0. The van der Waals surface area contributed by atoms with E-state index in [0.29, 0.717) is 5.69 Å². The first-order valence-electron chi connectivity index (χ1n) is 9.41. The van der Waals surface area contributed by atoms with Crippen LogP contribution in [0.5, 0.6) is 11.5 Å². The van der Waals surface area contributed by atoms with E-state index in [9.17, 15) is 8.42 Å². The second-order valence-electron chi connectivity index (χ2n) is 6.82. The highest BCUT2D eigenvalue weighted by molar-refractivity contribution is 7.89. The number of ether oxygens (including phenoxy) is 2. The van der Waals surface area contributed by atoms with Crippen molar-refractivity contribution >= 4 is 10.0 Å². The Hall–Kier alpha value is -3.62. The van der Waals surface area contributed by atoms with E-state index in [1.54, 1.807) is 31.0 Å². The number of nitrogens with zero attached hydrogens (tertiary/aromatic N) is 2. The summed E-state index contributed by atoms with van der Waals surface area (Å²) in [5.74, 6) is 1.51. The fourth-order valence-corrected chi connectivity index (χ4v) is 3.74. The number of sulfonamides is 1. The third-order valence-corrected chi connectivity index (χ3v) is 5.82. The third kappa shape index (κ3) is 4.30. The van der Waals surface area contributed by atoms with Gasteiger partial charge in [0, 0.05) is 11.1 Å². The van der Waals surface area contributed by atoms with E-state index < -0.39 is 10.0 Å². The standard InChI is InChI=1S/C23H21N3O4S/c1-29-19-9-3-16(4-10-19)22-15-23(17-5-11-20(30-2)12-6-17)26(25-22)18-7-13-21(14-8-18)31(24,27)28/h3-15H,1-2H3,(H2,24,27,28). The molecule has 0 amide bonds. The second kappa shape index (κ2) is 8.25. The molecule has 4 rings (SSSR count). The lowest BCUT2D eigenvalue weighted by molar-refractivity contribution is 0.414. The molecule has 0 aliphatic carbocycles. The maximum atomic E-state index is 11.6. The SMILES string of the molecule is COc1ccc(-c2cc(-c3ccc(OC)cc3)n(-c3ccc(S(N)(=O)=O)cc3)n2)cc1. The first-order valence-corrected chi connectivity index (χ1v) is 11.0. The van der Waals surface area contributed by atoms with Crippen molar-refractivity contribution in [3.8, 4) is 39.7 Å². The highest BCUT2D eigenvalue weighted by Crippen LogP contribution is 2.31. The molecule has 158 valence electrons. The van der Waals surface area contributed by atoms with E-state index in [1.165, 1.54) is 12.1 Å². The maximum Gasteiger partial charge on any atom is 0.238 e. The largest absolute Gasteiger partial charge is 0.497 e. The van der Waals surface area contributed by atoms with Crippen LogP contribution >= 0.6 is 0 Å². The lowest BCUT2D eigenvalue weighted by Gasteiger charge is -2.09. The molecule has 0 atom stereocenters. The molecule has 0 bridgehead atoms. The normalized spacial score (nSPS) is 11.3. The van der Waals surface area contributed by atoms with Gasteiger partial charge in [0.25, 0.3) is 0 Å². The van der Waals surface area contributed by atoms with Gasteiger partial charge in [0.1, 0.15) is 11.5 Å². The first kappa shape index (κ1) is 20.6. The first-order chi connectivity index (χ1) is 14.9. The van der Waals surface area contributed by atoms with Gasteiger partial charge < -0.3 is 9.47 Å². The molecule has 4 aromatic rings. The number of hydrogen-bond acceptors (Lipinski definition) is 5. The molecule has 0 unspecified atom stereocenters.